The largest absolute Gasteiger partial charge is 0.496 e. The van der Waals surface area contributed by atoms with E-state index in [2.05, 4.69) is 4.67 Å². The van der Waals surface area contributed by atoms with Crippen LogP contribution >= 0.6 is 7.82 Å². The standard InChI is InChI=1S/La.H3O5P/c;1-5-6(2,3)4/h;1H,(H2,2,3,4). The molecule has 0 aliphatic carbocycles. The molecule has 7 heavy (non-hydrogen) atoms. The molecule has 0 aromatic heterocycles. The molecule has 0 aliphatic rings. The van der Waals surface area contributed by atoms with Crippen molar-refractivity contribution < 1.29 is 59.9 Å². The zero-order chi connectivity index (χ0) is 5.21. The predicted molar refractivity (Wildman–Crippen MR) is 15.8 cm³/mol. The second-order valence-electron chi connectivity index (χ2n) is 0.572. The van der Waals surface area contributed by atoms with Crippen molar-refractivity contribution in [3.63, 3.8) is 0 Å². The first-order valence-electron chi connectivity index (χ1n) is 0.948. The summed E-state index contributed by atoms with van der Waals surface area (Å²) >= 11 is 0. The topological polar surface area (TPSA) is 87.0 Å². The third kappa shape index (κ3) is 11.1. The Morgan fingerprint density at radius 3 is 1.57 bits per heavy atom. The Morgan fingerprint density at radius 1 is 1.43 bits per heavy atom. The summed E-state index contributed by atoms with van der Waals surface area (Å²) in [4.78, 5) is 14.9. The normalized spacial score (nSPS) is 10.1. The zero-order valence-corrected chi connectivity index (χ0v) is 7.70. The average Bonchev–Trinajstić information content (AvgIpc) is 1.35. The Hall–Kier alpha value is 1.26. The van der Waals surface area contributed by atoms with Gasteiger partial charge in [-0.25, -0.2) is 9.82 Å². The van der Waals surface area contributed by atoms with Gasteiger partial charge in [0, 0.05) is 35.6 Å². The van der Waals surface area contributed by atoms with Gasteiger partial charge in [0.1, 0.15) is 0 Å². The summed E-state index contributed by atoms with van der Waals surface area (Å²) in [6.07, 6.45) is 0. The summed E-state index contributed by atoms with van der Waals surface area (Å²) < 4.78 is 11.8. The first-order valence-corrected chi connectivity index (χ1v) is 2.48. The van der Waals surface area contributed by atoms with Crippen LogP contribution in [-0.4, -0.2) is 15.0 Å². The molecule has 0 atom stereocenters. The molecule has 1 radical (unpaired) electrons. The first-order chi connectivity index (χ1) is 2.56. The van der Waals surface area contributed by atoms with E-state index < -0.39 is 7.82 Å². The van der Waals surface area contributed by atoms with Crippen molar-refractivity contribution in [3.05, 3.63) is 0 Å². The fraction of sp³-hybridized carbons (Fsp3) is 0. The van der Waals surface area contributed by atoms with Gasteiger partial charge in [-0.1, -0.05) is 0 Å². The van der Waals surface area contributed by atoms with Crippen molar-refractivity contribution in [2.45, 2.75) is 0 Å². The van der Waals surface area contributed by atoms with Gasteiger partial charge in [0.15, 0.2) is 0 Å². The fourth-order valence-corrected chi connectivity index (χ4v) is 0. The number of rotatable bonds is 1. The van der Waals surface area contributed by atoms with Gasteiger partial charge >= 0.3 is 7.82 Å². The van der Waals surface area contributed by atoms with Crippen LogP contribution in [0.3, 0.4) is 0 Å². The zero-order valence-electron chi connectivity index (χ0n) is 3.18. The van der Waals surface area contributed by atoms with Crippen LogP contribution in [0.1, 0.15) is 0 Å². The summed E-state index contributed by atoms with van der Waals surface area (Å²) in [5.74, 6) is 0. The maximum Gasteiger partial charge on any atom is 0.496 e. The number of hydrogen-bond acceptors (Lipinski definition) is 3. The van der Waals surface area contributed by atoms with E-state index in [9.17, 15) is 4.57 Å². The summed E-state index contributed by atoms with van der Waals surface area (Å²) in [6, 6.07) is 0. The van der Waals surface area contributed by atoms with Gasteiger partial charge < -0.3 is 9.79 Å². The Labute approximate surface area is 67.5 Å². The van der Waals surface area contributed by atoms with Gasteiger partial charge in [-0.3, -0.25) is 0 Å². The maximum absolute atomic E-state index is 9.22. The second-order valence-corrected chi connectivity index (χ2v) is 1.72. The van der Waals surface area contributed by atoms with E-state index >= 15 is 0 Å². The van der Waals surface area contributed by atoms with Crippen molar-refractivity contribution in [2.75, 3.05) is 0 Å². The van der Waals surface area contributed by atoms with Crippen molar-refractivity contribution >= 4 is 7.82 Å². The minimum atomic E-state index is -4.59. The molecule has 0 saturated carbocycles. The van der Waals surface area contributed by atoms with E-state index in [0.29, 0.717) is 0 Å². The molecular formula is H3LaO5P. The molecule has 0 heterocycles. The molecule has 0 spiro atoms. The fourth-order valence-electron chi connectivity index (χ4n) is 0. The van der Waals surface area contributed by atoms with Crippen molar-refractivity contribution in [3.8, 4) is 0 Å². The van der Waals surface area contributed by atoms with Crippen LogP contribution in [0.25, 0.3) is 0 Å². The molecule has 3 N–H and O–H groups in total. The molecule has 5 nitrogen and oxygen atoms in total. The number of phosphoric acid groups is 1. The summed E-state index contributed by atoms with van der Waals surface area (Å²) in [6.45, 7) is 0. The Kier molecular flexibility index (Phi) is 6.63. The van der Waals surface area contributed by atoms with Gasteiger partial charge in [0.05, 0.1) is 0 Å². The molecule has 0 unspecified atom stereocenters. The minimum absolute atomic E-state index is 0. The Balaban J connectivity index is 0. The van der Waals surface area contributed by atoms with Crippen LogP contribution in [0.5, 0.6) is 0 Å². The third-order valence-electron chi connectivity index (χ3n) is 0.106. The monoisotopic (exact) mass is 253 g/mol. The van der Waals surface area contributed by atoms with Crippen molar-refractivity contribution in [1.82, 2.24) is 0 Å². The summed E-state index contributed by atoms with van der Waals surface area (Å²) in [5, 5.41) is 7.14. The van der Waals surface area contributed by atoms with Crippen LogP contribution in [-0.2, 0) is 9.24 Å². The van der Waals surface area contributed by atoms with E-state index in [1.807, 2.05) is 0 Å². The molecule has 0 fully saturated rings. The Morgan fingerprint density at radius 2 is 1.57 bits per heavy atom. The molecule has 0 bridgehead atoms. The van der Waals surface area contributed by atoms with Crippen LogP contribution in [0.15, 0.2) is 0 Å². The minimum Gasteiger partial charge on any atom is -0.301 e. The molecule has 0 saturated heterocycles. The van der Waals surface area contributed by atoms with E-state index in [1.165, 1.54) is 0 Å². The maximum atomic E-state index is 9.22. The molecule has 0 aromatic rings. The van der Waals surface area contributed by atoms with Gasteiger partial charge in [-0.05, 0) is 0 Å². The first kappa shape index (κ1) is 11.1. The van der Waals surface area contributed by atoms with Gasteiger partial charge in [0.25, 0.3) is 0 Å². The third-order valence-corrected chi connectivity index (χ3v) is 0.319. The van der Waals surface area contributed by atoms with E-state index in [-0.39, 0.29) is 35.6 Å². The predicted octanol–water partition coefficient (Wildman–Crippen LogP) is -0.431. The molecule has 0 amide bonds. The average molecular weight is 253 g/mol. The SMILES string of the molecule is O=P(O)(O)OO.[La]. The summed E-state index contributed by atoms with van der Waals surface area (Å²) in [5.41, 5.74) is 0. The van der Waals surface area contributed by atoms with E-state index in [1.54, 1.807) is 0 Å². The van der Waals surface area contributed by atoms with Gasteiger partial charge in [0.2, 0.25) is 0 Å². The van der Waals surface area contributed by atoms with E-state index in [0.717, 1.165) is 0 Å². The van der Waals surface area contributed by atoms with Gasteiger partial charge in [-0.2, -0.15) is 0 Å². The van der Waals surface area contributed by atoms with Crippen molar-refractivity contribution in [1.29, 1.82) is 0 Å². The summed E-state index contributed by atoms with van der Waals surface area (Å²) in [7, 11) is -4.59. The van der Waals surface area contributed by atoms with Crippen LogP contribution < -0.4 is 0 Å². The van der Waals surface area contributed by atoms with Crippen LogP contribution in [0.4, 0.5) is 0 Å². The second kappa shape index (κ2) is 4.17. The molecule has 0 aliphatic heterocycles. The molecule has 0 rings (SSSR count). The van der Waals surface area contributed by atoms with E-state index in [4.69, 9.17) is 15.0 Å². The smallest absolute Gasteiger partial charge is 0.301 e. The van der Waals surface area contributed by atoms with Crippen LogP contribution in [0, 0.1) is 35.6 Å². The molecule has 41 valence electrons. The molecule has 0 aromatic carbocycles. The number of hydrogen-bond donors (Lipinski definition) is 3. The van der Waals surface area contributed by atoms with Crippen molar-refractivity contribution in [2.24, 2.45) is 0 Å². The molecule has 7 heteroatoms. The molecular weight excluding hydrogens is 250 g/mol. The van der Waals surface area contributed by atoms with Crippen LogP contribution in [0.2, 0.25) is 0 Å². The quantitative estimate of drug-likeness (QED) is 0.335. The Bertz CT molecular complexity index is 72.1. The van der Waals surface area contributed by atoms with Gasteiger partial charge in [-0.15, -0.1) is 4.67 Å².